The van der Waals surface area contributed by atoms with E-state index in [0.717, 1.165) is 22.3 Å². The summed E-state index contributed by atoms with van der Waals surface area (Å²) < 4.78 is 34.0. The second-order valence-corrected chi connectivity index (χ2v) is 7.94. The van der Waals surface area contributed by atoms with Crippen LogP contribution in [0.1, 0.15) is 59.2 Å². The van der Waals surface area contributed by atoms with Gasteiger partial charge in [0.05, 0.1) is 11.5 Å². The smallest absolute Gasteiger partial charge is 0.545 e. The Morgan fingerprint density at radius 1 is 0.966 bits per heavy atom. The number of hydrogen-bond donors (Lipinski definition) is 0. The molecule has 0 unspecified atom stereocenters. The van der Waals surface area contributed by atoms with Crippen LogP contribution in [0, 0.1) is 20.8 Å². The monoisotopic (exact) mass is 395 g/mol. The lowest BCUT2D eigenvalue weighted by atomic mass is 9.83. The Morgan fingerprint density at radius 2 is 1.55 bits per heavy atom. The molecule has 0 aliphatic carbocycles. The summed E-state index contributed by atoms with van der Waals surface area (Å²) >= 11 is 0. The Labute approximate surface area is 168 Å². The average Bonchev–Trinajstić information content (AvgIpc) is 3.04. The summed E-state index contributed by atoms with van der Waals surface area (Å²) in [5.74, 6) is -1.27. The van der Waals surface area contributed by atoms with Crippen molar-refractivity contribution in [3.8, 4) is 0 Å². The molecule has 0 amide bonds. The van der Waals surface area contributed by atoms with E-state index in [1.165, 1.54) is 21.1 Å². The zero-order valence-corrected chi connectivity index (χ0v) is 17.4. The number of hydrogen-bond acceptors (Lipinski definition) is 2. The number of aromatic nitrogens is 1. The number of nitrogens with zero attached hydrogens (tertiary/aromatic N) is 2. The van der Waals surface area contributed by atoms with Crippen molar-refractivity contribution in [2.24, 2.45) is 0 Å². The van der Waals surface area contributed by atoms with Gasteiger partial charge in [0.15, 0.2) is 5.70 Å². The fourth-order valence-electron chi connectivity index (χ4n) is 4.62. The standard InChI is InChI=1S/C22H23BF2N2O2/c1-11-13(3)20-19(17-7-9-18(10-8-17)22(28)29)21-14(4)12(2)16(6)27(21)23(24,25)26(20)15(11)5/h7-10H,1-6H3,(H,28,29)/p-1. The van der Waals surface area contributed by atoms with Crippen LogP contribution < -0.4 is 5.11 Å². The minimum Gasteiger partial charge on any atom is -0.545 e. The summed E-state index contributed by atoms with van der Waals surface area (Å²) in [6.07, 6.45) is 0. The molecule has 29 heavy (non-hydrogen) atoms. The molecule has 3 heterocycles. The first-order valence-corrected chi connectivity index (χ1v) is 9.58. The topological polar surface area (TPSA) is 48.1 Å². The zero-order valence-electron chi connectivity index (χ0n) is 17.4. The van der Waals surface area contributed by atoms with Gasteiger partial charge in [-0.2, -0.15) is 0 Å². The van der Waals surface area contributed by atoms with Crippen molar-refractivity contribution >= 4 is 24.2 Å². The highest BCUT2D eigenvalue weighted by molar-refractivity contribution is 6.58. The Kier molecular flexibility index (Phi) is 4.02. The summed E-state index contributed by atoms with van der Waals surface area (Å²) in [7, 11) is 0. The molecule has 7 heteroatoms. The predicted octanol–water partition coefficient (Wildman–Crippen LogP) is 3.60. The largest absolute Gasteiger partial charge is 0.737 e. The second kappa shape index (κ2) is 6.02. The van der Waals surface area contributed by atoms with E-state index in [2.05, 4.69) is 0 Å². The van der Waals surface area contributed by atoms with Gasteiger partial charge in [-0.1, -0.05) is 24.3 Å². The quantitative estimate of drug-likeness (QED) is 0.730. The van der Waals surface area contributed by atoms with Gasteiger partial charge in [0.1, 0.15) is 5.71 Å². The number of aromatic carboxylic acids is 1. The summed E-state index contributed by atoms with van der Waals surface area (Å²) in [6, 6.07) is 6.25. The number of benzene rings is 1. The van der Waals surface area contributed by atoms with Crippen molar-refractivity contribution in [1.82, 2.24) is 4.48 Å². The predicted molar refractivity (Wildman–Crippen MR) is 108 cm³/mol. The first-order chi connectivity index (χ1) is 13.5. The van der Waals surface area contributed by atoms with Gasteiger partial charge in [-0.25, -0.2) is 0 Å². The van der Waals surface area contributed by atoms with Crippen LogP contribution in [0.15, 0.2) is 41.1 Å². The van der Waals surface area contributed by atoms with Crippen molar-refractivity contribution < 1.29 is 23.0 Å². The molecule has 2 aliphatic rings. The third-order valence-corrected chi connectivity index (χ3v) is 6.63. The zero-order chi connectivity index (χ0) is 21.4. The van der Waals surface area contributed by atoms with E-state index in [4.69, 9.17) is 0 Å². The normalized spacial score (nSPS) is 17.8. The molecule has 0 bridgehead atoms. The number of rotatable bonds is 2. The SMILES string of the molecule is CC1=C(C)C(C)=[N+]2C1=C(c1ccc(C(=O)[O-])cc1)c1c(C)c(C)c(C)n1[B-]2(F)F. The highest BCUT2D eigenvalue weighted by Crippen LogP contribution is 2.46. The molecule has 0 saturated heterocycles. The molecular weight excluding hydrogens is 373 g/mol. The maximum atomic E-state index is 15.8. The van der Waals surface area contributed by atoms with E-state index in [1.54, 1.807) is 26.0 Å². The molecule has 0 radical (unpaired) electrons. The van der Waals surface area contributed by atoms with E-state index in [9.17, 15) is 9.90 Å². The fourth-order valence-corrected chi connectivity index (χ4v) is 4.62. The molecule has 150 valence electrons. The van der Waals surface area contributed by atoms with Gasteiger partial charge in [-0.05, 0) is 62.6 Å². The minimum atomic E-state index is -4.05. The van der Waals surface area contributed by atoms with Crippen LogP contribution in [-0.2, 0) is 0 Å². The lowest BCUT2D eigenvalue weighted by Gasteiger charge is -2.34. The third-order valence-electron chi connectivity index (χ3n) is 6.63. The molecular formula is C22H22BF2N2O2-. The number of allylic oxidation sites excluding steroid dienone is 2. The van der Waals surface area contributed by atoms with Gasteiger partial charge in [-0.3, -0.25) is 0 Å². The van der Waals surface area contributed by atoms with Gasteiger partial charge in [-0.15, -0.1) is 0 Å². The van der Waals surface area contributed by atoms with Crippen LogP contribution >= 0.6 is 0 Å². The van der Waals surface area contributed by atoms with Crippen molar-refractivity contribution in [1.29, 1.82) is 0 Å². The van der Waals surface area contributed by atoms with E-state index < -0.39 is 12.9 Å². The van der Waals surface area contributed by atoms with Gasteiger partial charge in [0.25, 0.3) is 0 Å². The first-order valence-electron chi connectivity index (χ1n) is 9.58. The Balaban J connectivity index is 2.16. The summed E-state index contributed by atoms with van der Waals surface area (Å²) in [6.45, 7) is 6.85. The molecule has 1 aromatic heterocycles. The highest BCUT2D eigenvalue weighted by atomic mass is 19.2. The molecule has 1 aromatic carbocycles. The number of carbonyl (C=O) groups excluding carboxylic acids is 1. The maximum absolute atomic E-state index is 15.8. The molecule has 0 saturated carbocycles. The lowest BCUT2D eigenvalue weighted by Crippen LogP contribution is -2.51. The van der Waals surface area contributed by atoms with Crippen molar-refractivity contribution in [2.45, 2.75) is 41.5 Å². The Bertz CT molecular complexity index is 1200. The molecule has 4 nitrogen and oxygen atoms in total. The number of carbonyl (C=O) groups is 1. The van der Waals surface area contributed by atoms with Crippen LogP contribution in [0.3, 0.4) is 0 Å². The van der Waals surface area contributed by atoms with Crippen LogP contribution in [0.2, 0.25) is 0 Å². The van der Waals surface area contributed by atoms with Crippen LogP contribution in [0.25, 0.3) is 5.57 Å². The molecule has 4 rings (SSSR count). The first kappa shape index (κ1) is 19.4. The van der Waals surface area contributed by atoms with E-state index in [0.29, 0.717) is 33.9 Å². The molecule has 2 aromatic rings. The molecule has 0 spiro atoms. The van der Waals surface area contributed by atoms with Gasteiger partial charge in [0.2, 0.25) is 0 Å². The molecule has 2 aliphatic heterocycles. The molecule has 0 fully saturated rings. The Morgan fingerprint density at radius 3 is 2.10 bits per heavy atom. The van der Waals surface area contributed by atoms with E-state index in [1.807, 2.05) is 27.7 Å². The summed E-state index contributed by atoms with van der Waals surface area (Å²) in [5, 5.41) is 11.2. The second-order valence-electron chi connectivity index (χ2n) is 7.94. The van der Waals surface area contributed by atoms with E-state index >= 15 is 8.63 Å². The molecule has 0 atom stereocenters. The number of carboxylic acid groups (broad SMARTS) is 1. The van der Waals surface area contributed by atoms with Gasteiger partial charge in [0, 0.05) is 23.8 Å². The van der Waals surface area contributed by atoms with Crippen molar-refractivity contribution in [2.75, 3.05) is 0 Å². The highest BCUT2D eigenvalue weighted by Gasteiger charge is 2.56. The number of carboxylic acids is 1. The van der Waals surface area contributed by atoms with E-state index in [-0.39, 0.29) is 5.56 Å². The maximum Gasteiger partial charge on any atom is 0.737 e. The van der Waals surface area contributed by atoms with Gasteiger partial charge < -0.3 is 27.5 Å². The third kappa shape index (κ3) is 2.36. The van der Waals surface area contributed by atoms with Crippen LogP contribution in [0.5, 0.6) is 0 Å². The summed E-state index contributed by atoms with van der Waals surface area (Å²) in [4.78, 5) is 11.2. The Hall–Kier alpha value is -2.96. The minimum absolute atomic E-state index is 0.0543. The number of fused-ring (bicyclic) bond motifs is 2. The van der Waals surface area contributed by atoms with Crippen molar-refractivity contribution in [3.05, 3.63) is 74.8 Å². The van der Waals surface area contributed by atoms with Crippen LogP contribution in [-0.4, -0.2) is 27.6 Å². The fraction of sp³-hybridized carbons (Fsp3) is 0.273. The lowest BCUT2D eigenvalue weighted by molar-refractivity contribution is -0.363. The summed E-state index contributed by atoms with van der Waals surface area (Å²) in [5.41, 5.74) is 6.83. The van der Waals surface area contributed by atoms with Crippen LogP contribution in [0.4, 0.5) is 8.63 Å². The average molecular weight is 395 g/mol. The van der Waals surface area contributed by atoms with Gasteiger partial charge >= 0.3 is 6.97 Å². The van der Waals surface area contributed by atoms with Crippen molar-refractivity contribution in [3.63, 3.8) is 0 Å². The molecule has 0 N–H and O–H groups in total. The number of halogens is 2.